The Morgan fingerprint density at radius 3 is 2.48 bits per heavy atom. The molecular formula is C18H20N4O. The van der Waals surface area contributed by atoms with E-state index in [9.17, 15) is 0 Å². The summed E-state index contributed by atoms with van der Waals surface area (Å²) in [7, 11) is 0. The maximum Gasteiger partial charge on any atom is 0.153 e. The van der Waals surface area contributed by atoms with Crippen LogP contribution < -0.4 is 10.5 Å². The lowest BCUT2D eigenvalue weighted by Gasteiger charge is -2.11. The fourth-order valence-electron chi connectivity index (χ4n) is 2.42. The lowest BCUT2D eigenvalue weighted by atomic mass is 10.0. The van der Waals surface area contributed by atoms with E-state index >= 15 is 0 Å². The maximum atomic E-state index is 5.86. The van der Waals surface area contributed by atoms with Crippen molar-refractivity contribution < 1.29 is 4.74 Å². The molecule has 5 heteroatoms. The van der Waals surface area contributed by atoms with E-state index in [1.165, 1.54) is 16.7 Å². The first kappa shape index (κ1) is 15.2. The number of aryl methyl sites for hydroxylation is 2. The number of rotatable bonds is 5. The van der Waals surface area contributed by atoms with Gasteiger partial charge in [-0.05, 0) is 48.7 Å². The molecular weight excluding hydrogens is 288 g/mol. The molecule has 2 aromatic heterocycles. The summed E-state index contributed by atoms with van der Waals surface area (Å²) >= 11 is 0. The van der Waals surface area contributed by atoms with Crippen LogP contribution in [0.15, 0.2) is 48.8 Å². The molecule has 0 radical (unpaired) electrons. The second-order valence-electron chi connectivity index (χ2n) is 5.47. The topological polar surface area (TPSA) is 66.0 Å². The number of nitrogens with two attached hydrogens (primary N) is 1. The Morgan fingerprint density at radius 2 is 1.87 bits per heavy atom. The Labute approximate surface area is 135 Å². The number of nitrogens with zero attached hydrogens (tertiary/aromatic N) is 3. The Hall–Kier alpha value is -2.66. The van der Waals surface area contributed by atoms with Crippen LogP contribution in [0.3, 0.4) is 0 Å². The fraction of sp³-hybridized carbons (Fsp3) is 0.222. The smallest absolute Gasteiger partial charge is 0.153 e. The number of benzene rings is 1. The first-order valence-corrected chi connectivity index (χ1v) is 7.56. The molecule has 118 valence electrons. The minimum Gasteiger partial charge on any atom is -0.487 e. The molecule has 0 saturated heterocycles. The van der Waals surface area contributed by atoms with Gasteiger partial charge in [0.05, 0.1) is 11.9 Å². The van der Waals surface area contributed by atoms with Gasteiger partial charge in [-0.1, -0.05) is 18.2 Å². The van der Waals surface area contributed by atoms with Crippen LogP contribution in [0.5, 0.6) is 5.75 Å². The molecule has 2 heterocycles. The maximum absolute atomic E-state index is 5.86. The van der Waals surface area contributed by atoms with Gasteiger partial charge in [0, 0.05) is 12.7 Å². The summed E-state index contributed by atoms with van der Waals surface area (Å²) < 4.78 is 7.56. The van der Waals surface area contributed by atoms with Crippen molar-refractivity contribution >= 4 is 0 Å². The Bertz CT molecular complexity index is 773. The largest absolute Gasteiger partial charge is 0.487 e. The fourth-order valence-corrected chi connectivity index (χ4v) is 2.42. The van der Waals surface area contributed by atoms with Crippen LogP contribution in [-0.2, 0) is 13.2 Å². The highest BCUT2D eigenvalue weighted by atomic mass is 16.5. The van der Waals surface area contributed by atoms with E-state index < -0.39 is 0 Å². The summed E-state index contributed by atoms with van der Waals surface area (Å²) in [6.45, 7) is 5.15. The molecule has 0 saturated carbocycles. The molecule has 1 aromatic carbocycles. The molecule has 0 aliphatic heterocycles. The van der Waals surface area contributed by atoms with Gasteiger partial charge in [0.2, 0.25) is 0 Å². The first-order chi connectivity index (χ1) is 11.2. The van der Waals surface area contributed by atoms with Gasteiger partial charge in [0.25, 0.3) is 0 Å². The van der Waals surface area contributed by atoms with Crippen LogP contribution in [0.2, 0.25) is 0 Å². The van der Waals surface area contributed by atoms with Crippen molar-refractivity contribution in [1.29, 1.82) is 0 Å². The normalized spacial score (nSPS) is 10.7. The second kappa shape index (κ2) is 6.62. The van der Waals surface area contributed by atoms with Crippen LogP contribution in [0.4, 0.5) is 0 Å². The summed E-state index contributed by atoms with van der Waals surface area (Å²) in [5.74, 6) is 1.48. The standard InChI is InChI=1S/C18H20N4O/c1-13-4-3-5-14(2)17(13)12-23-16-6-7-18(20-11-16)22-9-8-15(10-19)21-22/h3-9,11H,10,12,19H2,1-2H3. The third kappa shape index (κ3) is 3.40. The third-order valence-electron chi connectivity index (χ3n) is 3.84. The molecule has 0 aliphatic carbocycles. The minimum absolute atomic E-state index is 0.421. The zero-order valence-corrected chi connectivity index (χ0v) is 13.4. The van der Waals surface area contributed by atoms with Gasteiger partial charge in [-0.25, -0.2) is 9.67 Å². The molecule has 23 heavy (non-hydrogen) atoms. The van der Waals surface area contributed by atoms with Crippen molar-refractivity contribution in [3.05, 3.63) is 71.2 Å². The van der Waals surface area contributed by atoms with E-state index in [0.717, 1.165) is 17.3 Å². The van der Waals surface area contributed by atoms with E-state index in [4.69, 9.17) is 10.5 Å². The second-order valence-corrected chi connectivity index (χ2v) is 5.47. The zero-order valence-electron chi connectivity index (χ0n) is 13.4. The van der Waals surface area contributed by atoms with Gasteiger partial charge >= 0.3 is 0 Å². The number of aromatic nitrogens is 3. The van der Waals surface area contributed by atoms with Crippen LogP contribution >= 0.6 is 0 Å². The zero-order chi connectivity index (χ0) is 16.2. The monoisotopic (exact) mass is 308 g/mol. The molecule has 0 atom stereocenters. The molecule has 5 nitrogen and oxygen atoms in total. The molecule has 0 spiro atoms. The van der Waals surface area contributed by atoms with Gasteiger partial charge in [-0.2, -0.15) is 5.10 Å². The quantitative estimate of drug-likeness (QED) is 0.787. The van der Waals surface area contributed by atoms with Crippen molar-refractivity contribution in [3.63, 3.8) is 0 Å². The Balaban J connectivity index is 1.70. The van der Waals surface area contributed by atoms with E-state index in [2.05, 4.69) is 42.1 Å². The Morgan fingerprint density at radius 1 is 1.09 bits per heavy atom. The number of hydrogen-bond donors (Lipinski definition) is 1. The summed E-state index contributed by atoms with van der Waals surface area (Å²) in [5, 5.41) is 4.33. The van der Waals surface area contributed by atoms with E-state index in [1.807, 2.05) is 24.4 Å². The van der Waals surface area contributed by atoms with E-state index in [0.29, 0.717) is 13.2 Å². The average molecular weight is 308 g/mol. The summed E-state index contributed by atoms with van der Waals surface area (Å²) in [6, 6.07) is 11.9. The molecule has 2 N–H and O–H groups in total. The molecule has 0 aliphatic rings. The number of pyridine rings is 1. The highest BCUT2D eigenvalue weighted by Gasteiger charge is 2.05. The van der Waals surface area contributed by atoms with E-state index in [-0.39, 0.29) is 0 Å². The lowest BCUT2D eigenvalue weighted by molar-refractivity contribution is 0.303. The van der Waals surface area contributed by atoms with Crippen molar-refractivity contribution in [2.75, 3.05) is 0 Å². The first-order valence-electron chi connectivity index (χ1n) is 7.56. The van der Waals surface area contributed by atoms with Crippen LogP contribution in [0.1, 0.15) is 22.4 Å². The summed E-state index contributed by atoms with van der Waals surface area (Å²) in [6.07, 6.45) is 3.56. The highest BCUT2D eigenvalue weighted by molar-refractivity contribution is 5.34. The molecule has 3 rings (SSSR count). The van der Waals surface area contributed by atoms with Crippen molar-refractivity contribution in [1.82, 2.24) is 14.8 Å². The summed E-state index contributed by atoms with van der Waals surface area (Å²) in [4.78, 5) is 4.39. The van der Waals surface area contributed by atoms with Crippen molar-refractivity contribution in [3.8, 4) is 11.6 Å². The molecule has 0 fully saturated rings. The van der Waals surface area contributed by atoms with Gasteiger partial charge in [0.1, 0.15) is 12.4 Å². The summed E-state index contributed by atoms with van der Waals surface area (Å²) in [5.41, 5.74) is 10.1. The van der Waals surface area contributed by atoms with E-state index in [1.54, 1.807) is 10.9 Å². The van der Waals surface area contributed by atoms with Crippen molar-refractivity contribution in [2.45, 2.75) is 27.0 Å². The Kier molecular flexibility index (Phi) is 4.39. The molecule has 0 unspecified atom stereocenters. The van der Waals surface area contributed by atoms with Gasteiger partial charge in [0.15, 0.2) is 5.82 Å². The minimum atomic E-state index is 0.421. The SMILES string of the molecule is Cc1cccc(C)c1COc1ccc(-n2ccc(CN)n2)nc1. The van der Waals surface area contributed by atoms with Gasteiger partial charge < -0.3 is 10.5 Å². The predicted molar refractivity (Wildman–Crippen MR) is 89.5 cm³/mol. The average Bonchev–Trinajstić information content (AvgIpc) is 3.04. The van der Waals surface area contributed by atoms with Crippen molar-refractivity contribution in [2.24, 2.45) is 5.73 Å². The van der Waals surface area contributed by atoms with Gasteiger partial charge in [-0.15, -0.1) is 0 Å². The van der Waals surface area contributed by atoms with Crippen LogP contribution in [-0.4, -0.2) is 14.8 Å². The van der Waals surface area contributed by atoms with Gasteiger partial charge in [-0.3, -0.25) is 0 Å². The lowest BCUT2D eigenvalue weighted by Crippen LogP contribution is -2.03. The van der Waals surface area contributed by atoms with Crippen LogP contribution in [0.25, 0.3) is 5.82 Å². The predicted octanol–water partition coefficient (Wildman–Crippen LogP) is 2.92. The number of hydrogen-bond acceptors (Lipinski definition) is 4. The molecule has 3 aromatic rings. The van der Waals surface area contributed by atoms with Crippen LogP contribution in [0, 0.1) is 13.8 Å². The number of ether oxygens (including phenoxy) is 1. The molecule has 0 amide bonds. The highest BCUT2D eigenvalue weighted by Crippen LogP contribution is 2.18. The molecule has 0 bridgehead atoms. The third-order valence-corrected chi connectivity index (χ3v) is 3.84.